The molecule has 2 heterocycles. The minimum atomic E-state index is -4.47. The smallest absolute Gasteiger partial charge is 0.383 e. The first-order chi connectivity index (χ1) is 10.2. The first kappa shape index (κ1) is 16.2. The van der Waals surface area contributed by atoms with Crippen molar-refractivity contribution in [3.8, 4) is 0 Å². The summed E-state index contributed by atoms with van der Waals surface area (Å²) in [5, 5.41) is 0. The number of nitrogens with two attached hydrogens (primary N) is 1. The normalized spacial score (nSPS) is 12.0. The molecule has 0 saturated heterocycles. The van der Waals surface area contributed by atoms with Crippen molar-refractivity contribution < 1.29 is 13.2 Å². The minimum absolute atomic E-state index is 0.0531. The van der Waals surface area contributed by atoms with Gasteiger partial charge in [0.1, 0.15) is 17.3 Å². The second-order valence-electron chi connectivity index (χ2n) is 5.43. The van der Waals surface area contributed by atoms with Gasteiger partial charge in [0, 0.05) is 24.4 Å². The van der Waals surface area contributed by atoms with Crippen molar-refractivity contribution in [1.29, 1.82) is 0 Å². The average Bonchev–Trinajstić information content (AvgIpc) is 2.40. The zero-order valence-electron chi connectivity index (χ0n) is 12.6. The molecular weight excluding hydrogens is 293 g/mol. The summed E-state index contributed by atoms with van der Waals surface area (Å²) in [5.74, 6) is 0.862. The van der Waals surface area contributed by atoms with E-state index in [0.717, 1.165) is 11.6 Å². The van der Waals surface area contributed by atoms with Crippen molar-refractivity contribution in [3.05, 3.63) is 46.7 Å². The zero-order chi connectivity index (χ0) is 16.5. The minimum Gasteiger partial charge on any atom is -0.383 e. The quantitative estimate of drug-likeness (QED) is 0.942. The molecule has 118 valence electrons. The molecule has 0 bridgehead atoms. The van der Waals surface area contributed by atoms with Gasteiger partial charge in [0.25, 0.3) is 0 Å². The summed E-state index contributed by atoms with van der Waals surface area (Å²) in [5.41, 5.74) is 6.83. The number of hydrogen-bond donors (Lipinski definition) is 1. The van der Waals surface area contributed by atoms with E-state index in [2.05, 4.69) is 15.0 Å². The second kappa shape index (κ2) is 5.90. The Morgan fingerprint density at radius 2 is 1.82 bits per heavy atom. The summed E-state index contributed by atoms with van der Waals surface area (Å²) in [4.78, 5) is 11.6. The Morgan fingerprint density at radius 1 is 1.14 bits per heavy atom. The Morgan fingerprint density at radius 3 is 2.36 bits per heavy atom. The van der Waals surface area contributed by atoms with E-state index in [1.165, 1.54) is 6.20 Å². The van der Waals surface area contributed by atoms with Gasteiger partial charge in [0.2, 0.25) is 0 Å². The molecule has 4 nitrogen and oxygen atoms in total. The third-order valence-corrected chi connectivity index (χ3v) is 3.34. The van der Waals surface area contributed by atoms with Crippen LogP contribution >= 0.6 is 0 Å². The third-order valence-electron chi connectivity index (χ3n) is 3.34. The van der Waals surface area contributed by atoms with Gasteiger partial charge in [-0.2, -0.15) is 13.2 Å². The van der Waals surface area contributed by atoms with E-state index in [4.69, 9.17) is 5.73 Å². The highest BCUT2D eigenvalue weighted by Gasteiger charge is 2.33. The van der Waals surface area contributed by atoms with Crippen LogP contribution in [0, 0.1) is 6.92 Å². The maximum absolute atomic E-state index is 12.9. The summed E-state index contributed by atoms with van der Waals surface area (Å²) >= 11 is 0. The Balaban J connectivity index is 2.47. The van der Waals surface area contributed by atoms with Crippen LogP contribution in [-0.4, -0.2) is 15.0 Å². The molecule has 0 atom stereocenters. The molecule has 0 spiro atoms. The molecule has 0 amide bonds. The van der Waals surface area contributed by atoms with E-state index in [-0.39, 0.29) is 18.2 Å². The van der Waals surface area contributed by atoms with Crippen LogP contribution in [0.15, 0.2) is 18.5 Å². The number of nitrogens with zero attached hydrogens (tertiary/aromatic N) is 3. The summed E-state index contributed by atoms with van der Waals surface area (Å²) < 4.78 is 38.6. The fourth-order valence-electron chi connectivity index (χ4n) is 2.19. The number of alkyl halides is 3. The van der Waals surface area contributed by atoms with Crippen LogP contribution in [0.5, 0.6) is 0 Å². The summed E-state index contributed by atoms with van der Waals surface area (Å²) in [6.45, 7) is 5.51. The second-order valence-corrected chi connectivity index (χ2v) is 5.43. The van der Waals surface area contributed by atoms with Gasteiger partial charge < -0.3 is 5.73 Å². The average molecular weight is 310 g/mol. The summed E-state index contributed by atoms with van der Waals surface area (Å²) in [7, 11) is 0. The number of rotatable bonds is 3. The molecule has 7 heteroatoms. The maximum Gasteiger partial charge on any atom is 0.433 e. The fourth-order valence-corrected chi connectivity index (χ4v) is 2.19. The van der Waals surface area contributed by atoms with Gasteiger partial charge in [-0.1, -0.05) is 13.8 Å². The number of aryl methyl sites for hydroxylation is 1. The van der Waals surface area contributed by atoms with Crippen molar-refractivity contribution in [2.75, 3.05) is 5.73 Å². The van der Waals surface area contributed by atoms with E-state index >= 15 is 0 Å². The predicted octanol–water partition coefficient (Wildman–Crippen LogP) is 3.50. The van der Waals surface area contributed by atoms with Gasteiger partial charge in [0.15, 0.2) is 0 Å². The molecule has 2 aromatic rings. The Labute approximate surface area is 126 Å². The molecule has 22 heavy (non-hydrogen) atoms. The molecular formula is C15H17F3N4. The van der Waals surface area contributed by atoms with Crippen molar-refractivity contribution in [2.24, 2.45) is 0 Å². The molecule has 0 saturated carbocycles. The Kier molecular flexibility index (Phi) is 4.35. The molecule has 0 unspecified atom stereocenters. The van der Waals surface area contributed by atoms with Crippen LogP contribution in [0.1, 0.15) is 48.0 Å². The fraction of sp³-hybridized carbons (Fsp3) is 0.400. The van der Waals surface area contributed by atoms with Gasteiger partial charge in [-0.05, 0) is 30.0 Å². The van der Waals surface area contributed by atoms with Gasteiger partial charge in [-0.25, -0.2) is 9.97 Å². The largest absolute Gasteiger partial charge is 0.433 e. The zero-order valence-corrected chi connectivity index (χ0v) is 12.6. The van der Waals surface area contributed by atoms with Crippen molar-refractivity contribution in [2.45, 2.75) is 39.3 Å². The van der Waals surface area contributed by atoms with Crippen LogP contribution in [0.25, 0.3) is 0 Å². The number of halogens is 3. The standard InChI is InChI=1S/C15H17F3N4/c1-8(2)12-7-21-13(15(16,17)18)5-10(12)4-11-6-20-9(3)22-14(11)19/h5-8H,4H2,1-3H3,(H2,19,20,22). The lowest BCUT2D eigenvalue weighted by molar-refractivity contribution is -0.141. The molecule has 0 aliphatic carbocycles. The molecule has 2 rings (SSSR count). The van der Waals surface area contributed by atoms with Gasteiger partial charge in [0.05, 0.1) is 0 Å². The van der Waals surface area contributed by atoms with Gasteiger partial charge in [-0.3, -0.25) is 4.98 Å². The van der Waals surface area contributed by atoms with E-state index in [1.807, 2.05) is 13.8 Å². The highest BCUT2D eigenvalue weighted by molar-refractivity contribution is 5.43. The van der Waals surface area contributed by atoms with Crippen LogP contribution in [0.2, 0.25) is 0 Å². The number of anilines is 1. The van der Waals surface area contributed by atoms with Crippen molar-refractivity contribution in [3.63, 3.8) is 0 Å². The molecule has 0 aromatic carbocycles. The van der Waals surface area contributed by atoms with Crippen LogP contribution in [0.4, 0.5) is 19.0 Å². The number of hydrogen-bond acceptors (Lipinski definition) is 4. The topological polar surface area (TPSA) is 64.7 Å². The van der Waals surface area contributed by atoms with Crippen LogP contribution in [-0.2, 0) is 12.6 Å². The van der Waals surface area contributed by atoms with Gasteiger partial charge >= 0.3 is 6.18 Å². The first-order valence-electron chi connectivity index (χ1n) is 6.82. The molecule has 2 aromatic heterocycles. The monoisotopic (exact) mass is 310 g/mol. The highest BCUT2D eigenvalue weighted by Crippen LogP contribution is 2.31. The van der Waals surface area contributed by atoms with Crippen LogP contribution < -0.4 is 5.73 Å². The molecule has 0 radical (unpaired) electrons. The lowest BCUT2D eigenvalue weighted by Gasteiger charge is -2.15. The lowest BCUT2D eigenvalue weighted by atomic mass is 9.94. The van der Waals surface area contributed by atoms with Crippen molar-refractivity contribution >= 4 is 5.82 Å². The maximum atomic E-state index is 12.9. The summed E-state index contributed by atoms with van der Waals surface area (Å²) in [6.07, 6.45) is -1.39. The lowest BCUT2D eigenvalue weighted by Crippen LogP contribution is -2.11. The van der Waals surface area contributed by atoms with E-state index < -0.39 is 11.9 Å². The van der Waals surface area contributed by atoms with E-state index in [9.17, 15) is 13.2 Å². The molecule has 0 aliphatic heterocycles. The molecule has 2 N–H and O–H groups in total. The van der Waals surface area contributed by atoms with Crippen LogP contribution in [0.3, 0.4) is 0 Å². The van der Waals surface area contributed by atoms with Crippen molar-refractivity contribution in [1.82, 2.24) is 15.0 Å². The van der Waals surface area contributed by atoms with E-state index in [1.54, 1.807) is 13.1 Å². The molecule has 0 aliphatic rings. The SMILES string of the molecule is Cc1ncc(Cc2cc(C(F)(F)F)ncc2C(C)C)c(N)n1. The predicted molar refractivity (Wildman–Crippen MR) is 77.3 cm³/mol. The van der Waals surface area contributed by atoms with E-state index in [0.29, 0.717) is 17.0 Å². The van der Waals surface area contributed by atoms with Gasteiger partial charge in [-0.15, -0.1) is 0 Å². The number of aromatic nitrogens is 3. The number of nitrogen functional groups attached to an aromatic ring is 1. The first-order valence-corrected chi connectivity index (χ1v) is 6.82. The Bertz CT molecular complexity index is 681. The highest BCUT2D eigenvalue weighted by atomic mass is 19.4. The third kappa shape index (κ3) is 3.52. The Hall–Kier alpha value is -2.18. The number of pyridine rings is 1. The molecule has 0 fully saturated rings. The summed E-state index contributed by atoms with van der Waals surface area (Å²) in [6, 6.07) is 1.08.